The Morgan fingerprint density at radius 2 is 0.870 bits per heavy atom. The highest BCUT2D eigenvalue weighted by Gasteiger charge is 2.21. The predicted octanol–water partition coefficient (Wildman–Crippen LogP) is 4.31. The Kier molecular flexibility index (Phi) is 7.44. The summed E-state index contributed by atoms with van der Waals surface area (Å²) in [7, 11) is 0. The molecule has 0 spiro atoms. The second kappa shape index (κ2) is 11.5. The monoisotopic (exact) mass is 616 g/mol. The van der Waals surface area contributed by atoms with Gasteiger partial charge in [-0.3, -0.25) is 9.97 Å². The van der Waals surface area contributed by atoms with Crippen LogP contribution >= 0.6 is 0 Å². The molecule has 46 heavy (non-hydrogen) atoms. The van der Waals surface area contributed by atoms with Gasteiger partial charge in [-0.25, -0.2) is 0 Å². The summed E-state index contributed by atoms with van der Waals surface area (Å²) in [6.07, 6.45) is -0.979. The smallest absolute Gasteiger partial charge is 0.179 e. The molecule has 0 saturated carbocycles. The standard InChI is InChI=1S/C36H28N2O8/c39-33(40)23-10-21(13-37-15-23)18-7-19(22-11-24(34(41)42)16-38-14-22)9-20(8-18)30-12-17-1-2-28(35(43)44)25-3-4-26-29(36(45)46)6-5-27(30)32(26)31(17)25/h1-16,33-36,39-46H. The fraction of sp³-hybridized carbons (Fsp3) is 0.111. The third kappa shape index (κ3) is 5.05. The Labute approximate surface area is 261 Å². The first kappa shape index (κ1) is 29.8. The Morgan fingerprint density at radius 1 is 0.391 bits per heavy atom. The van der Waals surface area contributed by atoms with Crippen molar-refractivity contribution in [3.63, 3.8) is 0 Å². The molecule has 10 nitrogen and oxygen atoms in total. The van der Waals surface area contributed by atoms with Crippen LogP contribution in [-0.2, 0) is 0 Å². The molecule has 2 aromatic heterocycles. The summed E-state index contributed by atoms with van der Waals surface area (Å²) in [5, 5.41) is 84.2. The van der Waals surface area contributed by atoms with Crippen LogP contribution in [-0.4, -0.2) is 50.8 Å². The first-order chi connectivity index (χ1) is 22.1. The fourth-order valence-corrected chi connectivity index (χ4v) is 6.26. The molecule has 230 valence electrons. The number of aliphatic hydroxyl groups is 8. The maximum atomic E-state index is 10.2. The molecule has 0 aliphatic heterocycles. The average Bonchev–Trinajstić information content (AvgIpc) is 3.06. The normalized spacial score (nSPS) is 12.3. The zero-order chi connectivity index (χ0) is 32.3. The molecule has 0 atom stereocenters. The van der Waals surface area contributed by atoms with Crippen molar-refractivity contribution in [2.24, 2.45) is 0 Å². The molecule has 5 aromatic carbocycles. The minimum atomic E-state index is -1.74. The van der Waals surface area contributed by atoms with Crippen LogP contribution in [0.3, 0.4) is 0 Å². The average molecular weight is 617 g/mol. The summed E-state index contributed by atoms with van der Waals surface area (Å²) >= 11 is 0. The minimum absolute atomic E-state index is 0.204. The van der Waals surface area contributed by atoms with E-state index in [1.807, 2.05) is 24.3 Å². The number of rotatable bonds is 7. The second-order valence-electron chi connectivity index (χ2n) is 11.2. The fourth-order valence-electron chi connectivity index (χ4n) is 6.26. The van der Waals surface area contributed by atoms with Gasteiger partial charge in [0.25, 0.3) is 0 Å². The van der Waals surface area contributed by atoms with Crippen molar-refractivity contribution in [1.29, 1.82) is 0 Å². The van der Waals surface area contributed by atoms with Gasteiger partial charge in [0.05, 0.1) is 0 Å². The van der Waals surface area contributed by atoms with E-state index in [0.717, 1.165) is 27.3 Å². The van der Waals surface area contributed by atoms with Crippen molar-refractivity contribution >= 4 is 32.3 Å². The summed E-state index contributed by atoms with van der Waals surface area (Å²) < 4.78 is 0. The minimum Gasteiger partial charge on any atom is -0.364 e. The molecule has 8 N–H and O–H groups in total. The SMILES string of the molecule is OC(O)c1cncc(-c2cc(-c3cncc(C(O)O)c3)cc(-c3cc4ccc(C(O)O)c5ccc6c(C(O)O)ccc3c6c45)c2)c1. The zero-order valence-electron chi connectivity index (χ0n) is 24.0. The quantitative estimate of drug-likeness (QED) is 0.0947. The summed E-state index contributed by atoms with van der Waals surface area (Å²) in [6, 6.07) is 21.3. The number of hydrogen-bond donors (Lipinski definition) is 8. The predicted molar refractivity (Wildman–Crippen MR) is 171 cm³/mol. The van der Waals surface area contributed by atoms with Gasteiger partial charge >= 0.3 is 0 Å². The number of aromatic nitrogens is 2. The van der Waals surface area contributed by atoms with E-state index in [9.17, 15) is 40.9 Å². The number of nitrogens with zero attached hydrogens (tertiary/aromatic N) is 2. The van der Waals surface area contributed by atoms with Crippen molar-refractivity contribution in [2.75, 3.05) is 0 Å². The van der Waals surface area contributed by atoms with Gasteiger partial charge in [0, 0.05) is 58.2 Å². The van der Waals surface area contributed by atoms with Crippen LogP contribution in [0.1, 0.15) is 47.4 Å². The number of benzene rings is 5. The van der Waals surface area contributed by atoms with Crippen LogP contribution in [0.2, 0.25) is 0 Å². The maximum absolute atomic E-state index is 10.2. The van der Waals surface area contributed by atoms with Crippen LogP contribution in [0.4, 0.5) is 0 Å². The Hall–Kier alpha value is -4.88. The van der Waals surface area contributed by atoms with Crippen molar-refractivity contribution < 1.29 is 40.9 Å². The van der Waals surface area contributed by atoms with Gasteiger partial charge in [-0.15, -0.1) is 0 Å². The lowest BCUT2D eigenvalue weighted by molar-refractivity contribution is -0.0432. The van der Waals surface area contributed by atoms with Gasteiger partial charge in [0.2, 0.25) is 0 Å². The summed E-state index contributed by atoms with van der Waals surface area (Å²) in [5.74, 6) is 0. The van der Waals surface area contributed by atoms with Crippen LogP contribution in [0, 0.1) is 0 Å². The van der Waals surface area contributed by atoms with Gasteiger partial charge < -0.3 is 40.9 Å². The molecule has 7 rings (SSSR count). The van der Waals surface area contributed by atoms with Crippen LogP contribution < -0.4 is 0 Å². The van der Waals surface area contributed by atoms with Crippen molar-refractivity contribution in [3.05, 3.63) is 120 Å². The van der Waals surface area contributed by atoms with E-state index in [0.29, 0.717) is 49.5 Å². The molecule has 0 unspecified atom stereocenters. The molecule has 7 aromatic rings. The van der Waals surface area contributed by atoms with E-state index in [1.54, 1.807) is 60.9 Å². The molecule has 0 radical (unpaired) electrons. The van der Waals surface area contributed by atoms with Gasteiger partial charge in [0.1, 0.15) is 0 Å². The lowest BCUT2D eigenvalue weighted by atomic mass is 9.85. The molecule has 0 amide bonds. The Morgan fingerprint density at radius 3 is 1.39 bits per heavy atom. The molecule has 2 heterocycles. The summed E-state index contributed by atoms with van der Waals surface area (Å²) in [5.41, 5.74) is 5.11. The lowest BCUT2D eigenvalue weighted by Crippen LogP contribution is -2.00. The van der Waals surface area contributed by atoms with E-state index >= 15 is 0 Å². The van der Waals surface area contributed by atoms with E-state index < -0.39 is 25.2 Å². The third-order valence-electron chi connectivity index (χ3n) is 8.43. The van der Waals surface area contributed by atoms with E-state index in [4.69, 9.17) is 0 Å². The highest BCUT2D eigenvalue weighted by Crippen LogP contribution is 2.45. The second-order valence-corrected chi connectivity index (χ2v) is 11.2. The highest BCUT2D eigenvalue weighted by atomic mass is 16.5. The topological polar surface area (TPSA) is 188 Å². The Bertz CT molecular complexity index is 2180. The molecule has 0 aliphatic carbocycles. The van der Waals surface area contributed by atoms with Gasteiger partial charge in [-0.05, 0) is 91.0 Å². The van der Waals surface area contributed by atoms with E-state index in [2.05, 4.69) is 9.97 Å². The first-order valence-corrected chi connectivity index (χ1v) is 14.4. The first-order valence-electron chi connectivity index (χ1n) is 14.4. The summed E-state index contributed by atoms with van der Waals surface area (Å²) in [4.78, 5) is 8.40. The van der Waals surface area contributed by atoms with Gasteiger partial charge in [0.15, 0.2) is 25.2 Å². The van der Waals surface area contributed by atoms with Crippen molar-refractivity contribution in [3.8, 4) is 33.4 Å². The van der Waals surface area contributed by atoms with Crippen LogP contribution in [0.25, 0.3) is 65.7 Å². The zero-order valence-corrected chi connectivity index (χ0v) is 24.0. The summed E-state index contributed by atoms with van der Waals surface area (Å²) in [6.45, 7) is 0. The largest absolute Gasteiger partial charge is 0.364 e. The molecule has 10 heteroatoms. The van der Waals surface area contributed by atoms with E-state index in [1.165, 1.54) is 12.4 Å². The number of pyridine rings is 2. The molecule has 0 bridgehead atoms. The third-order valence-corrected chi connectivity index (χ3v) is 8.43. The maximum Gasteiger partial charge on any atom is 0.179 e. The highest BCUT2D eigenvalue weighted by molar-refractivity contribution is 6.27. The molecular weight excluding hydrogens is 588 g/mol. The van der Waals surface area contributed by atoms with Crippen LogP contribution in [0.5, 0.6) is 0 Å². The van der Waals surface area contributed by atoms with Gasteiger partial charge in [-0.1, -0.05) is 36.4 Å². The van der Waals surface area contributed by atoms with Crippen molar-refractivity contribution in [1.82, 2.24) is 9.97 Å². The van der Waals surface area contributed by atoms with Crippen molar-refractivity contribution in [2.45, 2.75) is 25.2 Å². The number of hydrogen-bond acceptors (Lipinski definition) is 10. The molecule has 0 aliphatic rings. The molecular formula is C36H28N2O8. The van der Waals surface area contributed by atoms with E-state index in [-0.39, 0.29) is 11.1 Å². The molecule has 0 fully saturated rings. The van der Waals surface area contributed by atoms with Crippen LogP contribution in [0.15, 0.2) is 97.6 Å². The lowest BCUT2D eigenvalue weighted by Gasteiger charge is -2.20. The molecule has 0 saturated heterocycles. The van der Waals surface area contributed by atoms with Gasteiger partial charge in [-0.2, -0.15) is 0 Å². The number of aliphatic hydroxyl groups excluding tert-OH is 4. The Balaban J connectivity index is 1.56.